The van der Waals surface area contributed by atoms with Crippen LogP contribution >= 0.6 is 23.2 Å². The van der Waals surface area contributed by atoms with E-state index in [1.807, 2.05) is 4.57 Å². The van der Waals surface area contributed by atoms with Gasteiger partial charge in [0.2, 0.25) is 0 Å². The van der Waals surface area contributed by atoms with E-state index in [1.54, 1.807) is 12.1 Å². The van der Waals surface area contributed by atoms with Crippen LogP contribution in [0.5, 0.6) is 0 Å². The van der Waals surface area contributed by atoms with Gasteiger partial charge in [-0.1, -0.05) is 23.2 Å². The Kier molecular flexibility index (Phi) is 3.31. The predicted molar refractivity (Wildman–Crippen MR) is 79.4 cm³/mol. The lowest BCUT2D eigenvalue weighted by Crippen LogP contribution is -2.17. The smallest absolute Gasteiger partial charge is 0.273 e. The highest BCUT2D eigenvalue weighted by atomic mass is 35.5. The van der Waals surface area contributed by atoms with Crippen molar-refractivity contribution < 1.29 is 4.79 Å². The van der Waals surface area contributed by atoms with Crippen molar-refractivity contribution in [3.63, 3.8) is 0 Å². The van der Waals surface area contributed by atoms with E-state index >= 15 is 0 Å². The first-order valence-electron chi connectivity index (χ1n) is 6.17. The Bertz CT molecular complexity index is 696. The summed E-state index contributed by atoms with van der Waals surface area (Å²) in [6.45, 7) is 0.756. The van der Waals surface area contributed by atoms with Crippen molar-refractivity contribution in [2.24, 2.45) is 0 Å². The molecule has 7 heteroatoms. The topological polar surface area (TPSA) is 72.9 Å². The van der Waals surface area contributed by atoms with Crippen LogP contribution in [0.2, 0.25) is 10.2 Å². The third kappa shape index (κ3) is 2.13. The number of pyridine rings is 1. The maximum atomic E-state index is 12.4. The lowest BCUT2D eigenvalue weighted by Gasteiger charge is -2.08. The first-order chi connectivity index (χ1) is 9.58. The summed E-state index contributed by atoms with van der Waals surface area (Å²) in [6, 6.07) is 3.24. The van der Waals surface area contributed by atoms with Gasteiger partial charge in [0.15, 0.2) is 0 Å². The van der Waals surface area contributed by atoms with Crippen molar-refractivity contribution in [1.29, 1.82) is 0 Å². The molecule has 1 amide bonds. The highest BCUT2D eigenvalue weighted by Gasteiger charge is 2.27. The molecule has 0 saturated heterocycles. The molecule has 0 fully saturated rings. The molecule has 104 valence electrons. The molecule has 5 nitrogen and oxygen atoms in total. The van der Waals surface area contributed by atoms with Gasteiger partial charge in [-0.25, -0.2) is 4.98 Å². The van der Waals surface area contributed by atoms with E-state index in [2.05, 4.69) is 10.3 Å². The van der Waals surface area contributed by atoms with Crippen molar-refractivity contribution in [1.82, 2.24) is 9.55 Å². The first-order valence-corrected chi connectivity index (χ1v) is 6.92. The second-order valence-corrected chi connectivity index (χ2v) is 5.36. The summed E-state index contributed by atoms with van der Waals surface area (Å²) < 4.78 is 1.88. The number of nitrogen functional groups attached to an aromatic ring is 1. The summed E-state index contributed by atoms with van der Waals surface area (Å²) in [4.78, 5) is 16.2. The second kappa shape index (κ2) is 5.00. The largest absolute Gasteiger partial charge is 0.396 e. The third-order valence-electron chi connectivity index (χ3n) is 3.35. The van der Waals surface area contributed by atoms with E-state index in [1.165, 1.54) is 6.20 Å². The van der Waals surface area contributed by atoms with Crippen LogP contribution in [0.1, 0.15) is 22.6 Å². The summed E-state index contributed by atoms with van der Waals surface area (Å²) in [7, 11) is 0. The summed E-state index contributed by atoms with van der Waals surface area (Å²) in [5.74, 6) is -0.294. The van der Waals surface area contributed by atoms with E-state index in [9.17, 15) is 4.79 Å². The van der Waals surface area contributed by atoms with Gasteiger partial charge in [0.05, 0.1) is 10.7 Å². The van der Waals surface area contributed by atoms with Gasteiger partial charge in [0.25, 0.3) is 5.91 Å². The molecule has 1 aliphatic rings. The summed E-state index contributed by atoms with van der Waals surface area (Å²) in [6.07, 6.45) is 3.34. The standard InChI is InChI=1S/C13H12Cl2N4O/c14-9-6-7(3-4-17-9)18-13(20)12-10(15)11(16)8-2-1-5-19(8)12/h3-4,6H,1-2,5,16H2,(H,17,18,20). The number of hydrogen-bond donors (Lipinski definition) is 2. The van der Waals surface area contributed by atoms with E-state index < -0.39 is 0 Å². The third-order valence-corrected chi connectivity index (χ3v) is 3.94. The Morgan fingerprint density at radius 1 is 1.45 bits per heavy atom. The molecule has 0 radical (unpaired) electrons. The molecule has 3 rings (SSSR count). The fraction of sp³-hybridized carbons (Fsp3) is 0.231. The van der Waals surface area contributed by atoms with Gasteiger partial charge in [0, 0.05) is 24.1 Å². The van der Waals surface area contributed by atoms with Gasteiger partial charge in [-0.3, -0.25) is 4.79 Å². The van der Waals surface area contributed by atoms with E-state index in [0.717, 1.165) is 25.1 Å². The molecular formula is C13H12Cl2N4O. The number of nitrogens with one attached hydrogen (secondary N) is 1. The molecule has 0 aliphatic carbocycles. The monoisotopic (exact) mass is 310 g/mol. The van der Waals surface area contributed by atoms with Crippen LogP contribution in [0.25, 0.3) is 0 Å². The van der Waals surface area contributed by atoms with Gasteiger partial charge in [-0.15, -0.1) is 0 Å². The molecule has 0 bridgehead atoms. The minimum Gasteiger partial charge on any atom is -0.396 e. The molecular weight excluding hydrogens is 299 g/mol. The van der Waals surface area contributed by atoms with Crippen molar-refractivity contribution >= 4 is 40.5 Å². The number of carbonyl (C=O) groups is 1. The van der Waals surface area contributed by atoms with E-state index in [4.69, 9.17) is 28.9 Å². The summed E-state index contributed by atoms with van der Waals surface area (Å²) >= 11 is 12.0. The van der Waals surface area contributed by atoms with Gasteiger partial charge in [0.1, 0.15) is 10.8 Å². The maximum absolute atomic E-state index is 12.4. The van der Waals surface area contributed by atoms with Crippen LogP contribution in [0.3, 0.4) is 0 Å². The second-order valence-electron chi connectivity index (χ2n) is 4.60. The zero-order chi connectivity index (χ0) is 14.3. The van der Waals surface area contributed by atoms with Crippen molar-refractivity contribution in [3.8, 4) is 0 Å². The normalized spacial score (nSPS) is 13.3. The zero-order valence-electron chi connectivity index (χ0n) is 10.5. The number of amides is 1. The Labute approximate surface area is 125 Å². The molecule has 2 aromatic rings. The molecule has 2 aromatic heterocycles. The number of nitrogens with zero attached hydrogens (tertiary/aromatic N) is 2. The summed E-state index contributed by atoms with van der Waals surface area (Å²) in [5.41, 5.74) is 8.36. The first kappa shape index (κ1) is 13.3. The molecule has 20 heavy (non-hydrogen) atoms. The van der Waals surface area contributed by atoms with Crippen LogP contribution < -0.4 is 11.1 Å². The van der Waals surface area contributed by atoms with Crippen LogP contribution in [-0.4, -0.2) is 15.5 Å². The molecule has 3 N–H and O–H groups in total. The van der Waals surface area contributed by atoms with Crippen LogP contribution in [0.4, 0.5) is 11.4 Å². The lowest BCUT2D eigenvalue weighted by atomic mass is 10.2. The lowest BCUT2D eigenvalue weighted by molar-refractivity contribution is 0.101. The molecule has 1 aliphatic heterocycles. The Balaban J connectivity index is 1.94. The van der Waals surface area contributed by atoms with E-state index in [-0.39, 0.29) is 5.91 Å². The average Bonchev–Trinajstić information content (AvgIpc) is 2.94. The fourth-order valence-corrected chi connectivity index (χ4v) is 2.94. The molecule has 0 unspecified atom stereocenters. The molecule has 3 heterocycles. The molecule has 0 atom stereocenters. The van der Waals surface area contributed by atoms with Gasteiger partial charge in [-0.05, 0) is 25.0 Å². The number of hydrogen-bond acceptors (Lipinski definition) is 3. The van der Waals surface area contributed by atoms with Crippen molar-refractivity contribution in [2.45, 2.75) is 19.4 Å². The number of nitrogens with two attached hydrogens (primary N) is 1. The number of fused-ring (bicyclic) bond motifs is 1. The quantitative estimate of drug-likeness (QED) is 0.838. The van der Waals surface area contributed by atoms with Crippen LogP contribution in [0, 0.1) is 0 Å². The highest BCUT2D eigenvalue weighted by molar-refractivity contribution is 6.37. The van der Waals surface area contributed by atoms with Crippen LogP contribution in [-0.2, 0) is 13.0 Å². The number of halogens is 2. The zero-order valence-corrected chi connectivity index (χ0v) is 12.0. The highest BCUT2D eigenvalue weighted by Crippen LogP contribution is 2.35. The number of rotatable bonds is 2. The Morgan fingerprint density at radius 2 is 2.25 bits per heavy atom. The van der Waals surface area contributed by atoms with Gasteiger partial charge in [-0.2, -0.15) is 0 Å². The molecule has 0 spiro atoms. The van der Waals surface area contributed by atoms with Crippen molar-refractivity contribution in [3.05, 3.63) is 39.9 Å². The number of aromatic nitrogens is 2. The molecule has 0 saturated carbocycles. The van der Waals surface area contributed by atoms with Crippen molar-refractivity contribution in [2.75, 3.05) is 11.1 Å². The summed E-state index contributed by atoms with van der Waals surface area (Å²) in [5, 5.41) is 3.39. The number of anilines is 2. The van der Waals surface area contributed by atoms with E-state index in [0.29, 0.717) is 27.2 Å². The van der Waals surface area contributed by atoms with Gasteiger partial charge >= 0.3 is 0 Å². The Morgan fingerprint density at radius 3 is 3.00 bits per heavy atom. The van der Waals surface area contributed by atoms with Crippen LogP contribution in [0.15, 0.2) is 18.3 Å². The Hall–Kier alpha value is -1.72. The maximum Gasteiger partial charge on any atom is 0.273 e. The average molecular weight is 311 g/mol. The molecule has 0 aromatic carbocycles. The van der Waals surface area contributed by atoms with Gasteiger partial charge < -0.3 is 15.6 Å². The number of carbonyl (C=O) groups excluding carboxylic acids is 1. The fourth-order valence-electron chi connectivity index (χ4n) is 2.47. The SMILES string of the molecule is Nc1c(Cl)c(C(=O)Nc2ccnc(Cl)c2)n2c1CCC2. The minimum atomic E-state index is -0.294. The predicted octanol–water partition coefficient (Wildman–Crippen LogP) is 2.97. The minimum absolute atomic E-state index is 0.294.